The predicted octanol–water partition coefficient (Wildman–Crippen LogP) is 2.91. The van der Waals surface area contributed by atoms with Crippen molar-refractivity contribution in [2.45, 2.75) is 20.4 Å². The van der Waals surface area contributed by atoms with Crippen LogP contribution < -0.4 is 0 Å². The minimum Gasteiger partial charge on any atom is -0.504 e. The standard InChI is InChI=1S/C13H16N2O/c1-10(2)9-15-13(12(16)8-14-15)11-6-4-3-5-7-11/h3-8,10,16H,9H2,1-2H3. The molecular formula is C13H16N2O. The molecule has 3 nitrogen and oxygen atoms in total. The predicted molar refractivity (Wildman–Crippen MR) is 64.2 cm³/mol. The highest BCUT2D eigenvalue weighted by atomic mass is 16.3. The van der Waals surface area contributed by atoms with Crippen molar-refractivity contribution in [1.82, 2.24) is 9.78 Å². The third-order valence-corrected chi connectivity index (χ3v) is 2.41. The first-order chi connectivity index (χ1) is 7.68. The van der Waals surface area contributed by atoms with Gasteiger partial charge in [0, 0.05) is 12.1 Å². The van der Waals surface area contributed by atoms with Crippen LogP contribution in [0.15, 0.2) is 36.5 Å². The molecule has 0 radical (unpaired) electrons. The number of aromatic nitrogens is 2. The summed E-state index contributed by atoms with van der Waals surface area (Å²) in [5, 5.41) is 14.0. The minimum absolute atomic E-state index is 0.242. The van der Waals surface area contributed by atoms with E-state index in [1.54, 1.807) is 0 Å². The lowest BCUT2D eigenvalue weighted by atomic mass is 10.1. The zero-order valence-corrected chi connectivity index (χ0v) is 9.59. The Labute approximate surface area is 95.3 Å². The van der Waals surface area contributed by atoms with Crippen LogP contribution in [-0.4, -0.2) is 14.9 Å². The number of hydrogen-bond acceptors (Lipinski definition) is 2. The Bertz CT molecular complexity index is 460. The summed E-state index contributed by atoms with van der Waals surface area (Å²) in [6.07, 6.45) is 1.50. The van der Waals surface area contributed by atoms with Gasteiger partial charge in [0.1, 0.15) is 5.69 Å². The van der Waals surface area contributed by atoms with Gasteiger partial charge in [0.05, 0.1) is 6.20 Å². The van der Waals surface area contributed by atoms with Gasteiger partial charge < -0.3 is 5.11 Å². The minimum atomic E-state index is 0.242. The molecule has 1 aromatic carbocycles. The van der Waals surface area contributed by atoms with Gasteiger partial charge in [0.2, 0.25) is 0 Å². The quantitative estimate of drug-likeness (QED) is 0.856. The van der Waals surface area contributed by atoms with Gasteiger partial charge in [-0.05, 0) is 5.92 Å². The summed E-state index contributed by atoms with van der Waals surface area (Å²) in [6.45, 7) is 5.08. The molecule has 0 spiro atoms. The maximum atomic E-state index is 9.81. The second-order valence-electron chi connectivity index (χ2n) is 4.32. The number of aromatic hydroxyl groups is 1. The summed E-state index contributed by atoms with van der Waals surface area (Å²) in [7, 11) is 0. The van der Waals surface area contributed by atoms with E-state index in [1.165, 1.54) is 6.20 Å². The number of nitrogens with zero attached hydrogens (tertiary/aromatic N) is 2. The number of rotatable bonds is 3. The highest BCUT2D eigenvalue weighted by molar-refractivity contribution is 5.65. The molecule has 0 aliphatic heterocycles. The van der Waals surface area contributed by atoms with Crippen LogP contribution in [0.1, 0.15) is 13.8 Å². The summed E-state index contributed by atoms with van der Waals surface area (Å²) in [6, 6.07) is 9.84. The summed E-state index contributed by atoms with van der Waals surface area (Å²) >= 11 is 0. The molecule has 0 saturated carbocycles. The Morgan fingerprint density at radius 1 is 1.25 bits per heavy atom. The van der Waals surface area contributed by atoms with Crippen LogP contribution in [0.3, 0.4) is 0 Å². The monoisotopic (exact) mass is 216 g/mol. The molecular weight excluding hydrogens is 200 g/mol. The molecule has 84 valence electrons. The van der Waals surface area contributed by atoms with Gasteiger partial charge in [-0.2, -0.15) is 5.10 Å². The van der Waals surface area contributed by atoms with Crippen molar-refractivity contribution >= 4 is 0 Å². The van der Waals surface area contributed by atoms with Gasteiger partial charge >= 0.3 is 0 Å². The van der Waals surface area contributed by atoms with Crippen molar-refractivity contribution in [2.75, 3.05) is 0 Å². The van der Waals surface area contributed by atoms with Gasteiger partial charge in [0.15, 0.2) is 5.75 Å². The molecule has 1 aromatic heterocycles. The molecule has 0 fully saturated rings. The lowest BCUT2D eigenvalue weighted by molar-refractivity contribution is 0.468. The molecule has 0 aliphatic carbocycles. The highest BCUT2D eigenvalue weighted by Crippen LogP contribution is 2.28. The van der Waals surface area contributed by atoms with E-state index < -0.39 is 0 Å². The zero-order valence-electron chi connectivity index (χ0n) is 9.59. The van der Waals surface area contributed by atoms with Crippen molar-refractivity contribution < 1.29 is 5.11 Å². The first kappa shape index (κ1) is 10.7. The lowest BCUT2D eigenvalue weighted by Gasteiger charge is -2.10. The third-order valence-electron chi connectivity index (χ3n) is 2.41. The van der Waals surface area contributed by atoms with Crippen LogP contribution in [0.5, 0.6) is 5.75 Å². The van der Waals surface area contributed by atoms with E-state index in [9.17, 15) is 5.11 Å². The first-order valence-corrected chi connectivity index (χ1v) is 5.48. The highest BCUT2D eigenvalue weighted by Gasteiger charge is 2.12. The SMILES string of the molecule is CC(C)Cn1ncc(O)c1-c1ccccc1. The maximum Gasteiger partial charge on any atom is 0.161 e. The van der Waals surface area contributed by atoms with Crippen molar-refractivity contribution in [3.05, 3.63) is 36.5 Å². The van der Waals surface area contributed by atoms with Crippen LogP contribution in [0.4, 0.5) is 0 Å². The molecule has 3 heteroatoms. The second kappa shape index (κ2) is 4.39. The topological polar surface area (TPSA) is 38.0 Å². The fourth-order valence-corrected chi connectivity index (χ4v) is 1.75. The van der Waals surface area contributed by atoms with Crippen LogP contribution in [0, 0.1) is 5.92 Å². The van der Waals surface area contributed by atoms with Gasteiger partial charge in [-0.25, -0.2) is 0 Å². The summed E-state index contributed by atoms with van der Waals surface area (Å²) in [5.74, 6) is 0.744. The van der Waals surface area contributed by atoms with E-state index in [4.69, 9.17) is 0 Å². The van der Waals surface area contributed by atoms with Gasteiger partial charge in [0.25, 0.3) is 0 Å². The Kier molecular flexibility index (Phi) is 2.95. The maximum absolute atomic E-state index is 9.81. The Morgan fingerprint density at radius 2 is 1.94 bits per heavy atom. The average molecular weight is 216 g/mol. The van der Waals surface area contributed by atoms with Gasteiger partial charge in [-0.1, -0.05) is 44.2 Å². The molecule has 0 saturated heterocycles. The summed E-state index contributed by atoms with van der Waals surface area (Å²) in [5.41, 5.74) is 1.80. The van der Waals surface area contributed by atoms with Gasteiger partial charge in [-0.15, -0.1) is 0 Å². The van der Waals surface area contributed by atoms with Crippen molar-refractivity contribution in [3.8, 4) is 17.0 Å². The fourth-order valence-electron chi connectivity index (χ4n) is 1.75. The second-order valence-corrected chi connectivity index (χ2v) is 4.32. The first-order valence-electron chi connectivity index (χ1n) is 5.48. The summed E-state index contributed by atoms with van der Waals surface area (Å²) in [4.78, 5) is 0. The zero-order chi connectivity index (χ0) is 11.5. The van der Waals surface area contributed by atoms with E-state index in [0.29, 0.717) is 5.92 Å². The molecule has 0 aliphatic rings. The van der Waals surface area contributed by atoms with Gasteiger partial charge in [-0.3, -0.25) is 4.68 Å². The van der Waals surface area contributed by atoms with E-state index in [1.807, 2.05) is 35.0 Å². The van der Waals surface area contributed by atoms with E-state index >= 15 is 0 Å². The fraction of sp³-hybridized carbons (Fsp3) is 0.308. The van der Waals surface area contributed by atoms with Crippen molar-refractivity contribution in [3.63, 3.8) is 0 Å². The van der Waals surface area contributed by atoms with Crippen LogP contribution >= 0.6 is 0 Å². The molecule has 0 atom stereocenters. The molecule has 16 heavy (non-hydrogen) atoms. The molecule has 2 rings (SSSR count). The Balaban J connectivity index is 2.43. The molecule has 1 heterocycles. The number of benzene rings is 1. The van der Waals surface area contributed by atoms with Crippen molar-refractivity contribution in [2.24, 2.45) is 5.92 Å². The van der Waals surface area contributed by atoms with E-state index in [-0.39, 0.29) is 5.75 Å². The molecule has 0 bridgehead atoms. The molecule has 0 amide bonds. The van der Waals surface area contributed by atoms with E-state index in [0.717, 1.165) is 17.8 Å². The van der Waals surface area contributed by atoms with E-state index in [2.05, 4.69) is 18.9 Å². The smallest absolute Gasteiger partial charge is 0.161 e. The molecule has 0 unspecified atom stereocenters. The largest absolute Gasteiger partial charge is 0.504 e. The van der Waals surface area contributed by atoms with Crippen LogP contribution in [-0.2, 0) is 6.54 Å². The van der Waals surface area contributed by atoms with Crippen LogP contribution in [0.25, 0.3) is 11.3 Å². The lowest BCUT2D eigenvalue weighted by Crippen LogP contribution is -2.07. The average Bonchev–Trinajstić information content (AvgIpc) is 2.60. The Hall–Kier alpha value is -1.77. The Morgan fingerprint density at radius 3 is 2.56 bits per heavy atom. The van der Waals surface area contributed by atoms with Crippen molar-refractivity contribution in [1.29, 1.82) is 0 Å². The number of hydrogen-bond donors (Lipinski definition) is 1. The molecule has 1 N–H and O–H groups in total. The molecule has 2 aromatic rings. The van der Waals surface area contributed by atoms with Crippen LogP contribution in [0.2, 0.25) is 0 Å². The normalized spacial score (nSPS) is 10.9. The third kappa shape index (κ3) is 2.08. The summed E-state index contributed by atoms with van der Waals surface area (Å²) < 4.78 is 1.86.